The predicted octanol–water partition coefficient (Wildman–Crippen LogP) is 5.67. The maximum Gasteiger partial charge on any atom is 0.258 e. The Morgan fingerprint density at radius 1 is 1.04 bits per heavy atom. The fourth-order valence-electron chi connectivity index (χ4n) is 2.51. The van der Waals surface area contributed by atoms with Gasteiger partial charge in [-0.25, -0.2) is 4.98 Å². The van der Waals surface area contributed by atoms with Crippen LogP contribution in [0.5, 0.6) is 0 Å². The largest absolute Gasteiger partial charge is 0.298 e. The number of aromatic nitrogens is 1. The van der Waals surface area contributed by atoms with E-state index in [1.807, 2.05) is 26.2 Å². The molecule has 24 heavy (non-hydrogen) atoms. The lowest BCUT2D eigenvalue weighted by molar-refractivity contribution is 0.102. The van der Waals surface area contributed by atoms with E-state index in [1.54, 1.807) is 11.3 Å². The molecule has 1 N–H and O–H groups in total. The zero-order chi connectivity index (χ0) is 17.4. The van der Waals surface area contributed by atoms with Crippen molar-refractivity contribution in [3.8, 4) is 11.3 Å². The zero-order valence-electron chi connectivity index (χ0n) is 14.5. The third kappa shape index (κ3) is 3.14. The first-order valence-corrected chi connectivity index (χ1v) is 9.47. The summed E-state index contributed by atoms with van der Waals surface area (Å²) in [5, 5.41) is 5.50. The van der Waals surface area contributed by atoms with Crippen LogP contribution in [0.4, 0.5) is 5.13 Å². The number of nitrogens with zero attached hydrogens (tertiary/aromatic N) is 1. The van der Waals surface area contributed by atoms with Crippen LogP contribution in [0.2, 0.25) is 0 Å². The van der Waals surface area contributed by atoms with E-state index >= 15 is 0 Å². The highest BCUT2D eigenvalue weighted by Crippen LogP contribution is 2.32. The van der Waals surface area contributed by atoms with Gasteiger partial charge in [0, 0.05) is 20.7 Å². The molecule has 0 saturated heterocycles. The van der Waals surface area contributed by atoms with Crippen LogP contribution in [-0.4, -0.2) is 10.9 Å². The smallest absolute Gasteiger partial charge is 0.258 e. The summed E-state index contributed by atoms with van der Waals surface area (Å²) in [6, 6.07) is 6.34. The molecule has 0 atom stereocenters. The van der Waals surface area contributed by atoms with Gasteiger partial charge in [-0.2, -0.15) is 0 Å². The van der Waals surface area contributed by atoms with Crippen LogP contribution in [0.25, 0.3) is 11.3 Å². The second kappa shape index (κ2) is 6.49. The van der Waals surface area contributed by atoms with Crippen LogP contribution in [0.3, 0.4) is 0 Å². The summed E-state index contributed by atoms with van der Waals surface area (Å²) in [6.45, 7) is 10.3. The monoisotopic (exact) mass is 356 g/mol. The van der Waals surface area contributed by atoms with Crippen molar-refractivity contribution < 1.29 is 4.79 Å². The Hall–Kier alpha value is -1.98. The molecule has 2 aromatic heterocycles. The minimum absolute atomic E-state index is 0.0859. The first-order valence-electron chi connectivity index (χ1n) is 7.78. The number of benzene rings is 1. The summed E-state index contributed by atoms with van der Waals surface area (Å²) in [6.07, 6.45) is 0. The number of hydrogen-bond acceptors (Lipinski definition) is 4. The van der Waals surface area contributed by atoms with Crippen LogP contribution < -0.4 is 5.32 Å². The summed E-state index contributed by atoms with van der Waals surface area (Å²) >= 11 is 3.12. The third-order valence-electron chi connectivity index (χ3n) is 4.33. The van der Waals surface area contributed by atoms with Gasteiger partial charge >= 0.3 is 0 Å². The number of carbonyl (C=O) groups excluding carboxylic acids is 1. The van der Waals surface area contributed by atoms with E-state index < -0.39 is 0 Å². The molecule has 1 amide bonds. The fourth-order valence-corrected chi connectivity index (χ4v) is 4.20. The number of aryl methyl sites for hydroxylation is 4. The number of carbonyl (C=O) groups is 1. The van der Waals surface area contributed by atoms with Crippen molar-refractivity contribution in [3.63, 3.8) is 0 Å². The Kier molecular flexibility index (Phi) is 4.56. The molecule has 0 aliphatic rings. The van der Waals surface area contributed by atoms with Gasteiger partial charge in [0.15, 0.2) is 5.13 Å². The average Bonchev–Trinajstić information content (AvgIpc) is 3.05. The normalized spacial score (nSPS) is 10.9. The average molecular weight is 357 g/mol. The maximum absolute atomic E-state index is 12.5. The quantitative estimate of drug-likeness (QED) is 0.657. The first-order chi connectivity index (χ1) is 11.4. The van der Waals surface area contributed by atoms with Gasteiger partial charge in [-0.3, -0.25) is 10.1 Å². The number of thiazole rings is 1. The predicted molar refractivity (Wildman–Crippen MR) is 104 cm³/mol. The van der Waals surface area contributed by atoms with E-state index in [2.05, 4.69) is 42.3 Å². The number of thiophene rings is 1. The number of nitrogens with one attached hydrogen (secondary N) is 1. The van der Waals surface area contributed by atoms with E-state index in [-0.39, 0.29) is 5.91 Å². The highest BCUT2D eigenvalue weighted by atomic mass is 32.1. The molecule has 0 aliphatic heterocycles. The van der Waals surface area contributed by atoms with Crippen LogP contribution in [0, 0.1) is 34.6 Å². The summed E-state index contributed by atoms with van der Waals surface area (Å²) in [4.78, 5) is 19.4. The topological polar surface area (TPSA) is 42.0 Å². The van der Waals surface area contributed by atoms with E-state index in [4.69, 9.17) is 0 Å². The van der Waals surface area contributed by atoms with Crippen molar-refractivity contribution in [1.29, 1.82) is 0 Å². The van der Waals surface area contributed by atoms with E-state index in [0.29, 0.717) is 5.13 Å². The number of hydrogen-bond donors (Lipinski definition) is 1. The van der Waals surface area contributed by atoms with Gasteiger partial charge in [-0.1, -0.05) is 12.1 Å². The molecule has 3 nitrogen and oxygen atoms in total. The van der Waals surface area contributed by atoms with Crippen molar-refractivity contribution in [2.45, 2.75) is 34.6 Å². The van der Waals surface area contributed by atoms with Crippen molar-refractivity contribution >= 4 is 33.7 Å². The van der Waals surface area contributed by atoms with E-state index in [1.165, 1.54) is 27.3 Å². The molecule has 0 spiro atoms. The van der Waals surface area contributed by atoms with Crippen molar-refractivity contribution in [2.75, 3.05) is 5.32 Å². The summed E-state index contributed by atoms with van der Waals surface area (Å²) in [5.41, 5.74) is 6.32. The Bertz CT molecular complexity index is 922. The van der Waals surface area contributed by atoms with Crippen molar-refractivity contribution in [1.82, 2.24) is 4.98 Å². The van der Waals surface area contributed by atoms with Gasteiger partial charge in [0.05, 0.1) is 11.3 Å². The highest BCUT2D eigenvalue weighted by molar-refractivity contribution is 7.16. The minimum Gasteiger partial charge on any atom is -0.298 e. The molecule has 2 heterocycles. The van der Waals surface area contributed by atoms with Gasteiger partial charge < -0.3 is 0 Å². The number of rotatable bonds is 3. The second-order valence-electron chi connectivity index (χ2n) is 6.01. The van der Waals surface area contributed by atoms with Crippen molar-refractivity contribution in [2.24, 2.45) is 0 Å². The van der Waals surface area contributed by atoms with Gasteiger partial charge in [-0.15, -0.1) is 22.7 Å². The minimum atomic E-state index is -0.0859. The maximum atomic E-state index is 12.5. The summed E-state index contributed by atoms with van der Waals surface area (Å²) in [5.74, 6) is -0.0859. The van der Waals surface area contributed by atoms with Crippen LogP contribution in [-0.2, 0) is 0 Å². The third-order valence-corrected chi connectivity index (χ3v) is 6.23. The molecule has 0 aliphatic carbocycles. The van der Waals surface area contributed by atoms with E-state index in [9.17, 15) is 4.79 Å². The lowest BCUT2D eigenvalue weighted by Gasteiger charge is -2.04. The molecule has 0 bridgehead atoms. The standard InChI is InChI=1S/C19H20N2OS2/c1-10-6-7-15(8-11(10)2)17-14(5)24-19(20-17)21-18(22)16-9-23-13(4)12(16)3/h6-9H,1-5H3,(H,20,21,22). The summed E-state index contributed by atoms with van der Waals surface area (Å²) < 4.78 is 0. The fraction of sp³-hybridized carbons (Fsp3) is 0.263. The lowest BCUT2D eigenvalue weighted by Crippen LogP contribution is -2.12. The van der Waals surface area contributed by atoms with Crippen LogP contribution in [0.15, 0.2) is 23.6 Å². The van der Waals surface area contributed by atoms with Gasteiger partial charge in [0.25, 0.3) is 5.91 Å². The molecular weight excluding hydrogens is 336 g/mol. The van der Waals surface area contributed by atoms with E-state index in [0.717, 1.165) is 27.3 Å². The second-order valence-corrected chi connectivity index (χ2v) is 8.29. The van der Waals surface area contributed by atoms with Gasteiger partial charge in [0.1, 0.15) is 0 Å². The molecule has 5 heteroatoms. The first kappa shape index (κ1) is 16.9. The molecule has 3 rings (SSSR count). The van der Waals surface area contributed by atoms with Gasteiger partial charge in [0.2, 0.25) is 0 Å². The van der Waals surface area contributed by atoms with Crippen LogP contribution >= 0.6 is 22.7 Å². The highest BCUT2D eigenvalue weighted by Gasteiger charge is 2.16. The number of amides is 1. The number of anilines is 1. The molecule has 0 fully saturated rings. The SMILES string of the molecule is Cc1ccc(-c2nc(NC(=O)c3csc(C)c3C)sc2C)cc1C. The molecule has 124 valence electrons. The molecular formula is C19H20N2OS2. The Balaban J connectivity index is 1.87. The Morgan fingerprint density at radius 3 is 2.42 bits per heavy atom. The Labute approximate surface area is 150 Å². The molecule has 0 unspecified atom stereocenters. The Morgan fingerprint density at radius 2 is 1.79 bits per heavy atom. The molecule has 0 radical (unpaired) electrons. The molecule has 0 saturated carbocycles. The zero-order valence-corrected chi connectivity index (χ0v) is 16.1. The lowest BCUT2D eigenvalue weighted by atomic mass is 10.0. The molecule has 1 aromatic carbocycles. The molecule has 3 aromatic rings. The summed E-state index contributed by atoms with van der Waals surface area (Å²) in [7, 11) is 0. The van der Waals surface area contributed by atoms with Crippen molar-refractivity contribution in [3.05, 3.63) is 55.6 Å². The van der Waals surface area contributed by atoms with Gasteiger partial charge in [-0.05, 0) is 57.4 Å². The van der Waals surface area contributed by atoms with Crippen LogP contribution in [0.1, 0.15) is 36.8 Å².